The Kier molecular flexibility index (Phi) is 7.07. The fourth-order valence-corrected chi connectivity index (χ4v) is 2.12. The first-order chi connectivity index (χ1) is 9.10. The molecule has 1 rings (SSSR count). The molecule has 1 heterocycles. The number of hydrogen-bond acceptors (Lipinski definition) is 5. The van der Waals surface area contributed by atoms with Crippen molar-refractivity contribution in [3.63, 3.8) is 0 Å². The second-order valence-electron chi connectivity index (χ2n) is 4.07. The molecule has 7 heteroatoms. The van der Waals surface area contributed by atoms with Crippen LogP contribution in [0.4, 0.5) is 0 Å². The molecule has 0 spiro atoms. The summed E-state index contributed by atoms with van der Waals surface area (Å²) in [5.41, 5.74) is 0. The Labute approximate surface area is 114 Å². The number of nitrogens with one attached hydrogen (secondary N) is 2. The molecule has 0 unspecified atom stereocenters. The lowest BCUT2D eigenvalue weighted by atomic mass is 10.4. The summed E-state index contributed by atoms with van der Waals surface area (Å²) < 4.78 is 35.7. The summed E-state index contributed by atoms with van der Waals surface area (Å²) in [4.78, 5) is 0. The summed E-state index contributed by atoms with van der Waals surface area (Å²) in [6, 6.07) is 3.11. The Hall–Kier alpha value is -0.890. The highest BCUT2D eigenvalue weighted by atomic mass is 32.2. The predicted molar refractivity (Wildman–Crippen MR) is 72.4 cm³/mol. The third-order valence-corrected chi connectivity index (χ3v) is 3.75. The largest absolute Gasteiger partial charge is 0.447 e. The Morgan fingerprint density at radius 1 is 1.32 bits per heavy atom. The van der Waals surface area contributed by atoms with Crippen LogP contribution < -0.4 is 10.0 Å². The topological polar surface area (TPSA) is 80.6 Å². The van der Waals surface area contributed by atoms with E-state index in [-0.39, 0.29) is 5.09 Å². The molecule has 0 aromatic carbocycles. The Morgan fingerprint density at radius 3 is 2.79 bits per heavy atom. The van der Waals surface area contributed by atoms with Crippen LogP contribution in [0.25, 0.3) is 0 Å². The first kappa shape index (κ1) is 16.2. The van der Waals surface area contributed by atoms with E-state index >= 15 is 0 Å². The van der Waals surface area contributed by atoms with E-state index in [4.69, 9.17) is 9.15 Å². The Morgan fingerprint density at radius 2 is 2.11 bits per heavy atom. The second kappa shape index (κ2) is 8.31. The lowest BCUT2D eigenvalue weighted by Gasteiger charge is -2.03. The van der Waals surface area contributed by atoms with E-state index < -0.39 is 10.0 Å². The van der Waals surface area contributed by atoms with Gasteiger partial charge in [-0.25, -0.2) is 13.1 Å². The van der Waals surface area contributed by atoms with E-state index in [1.807, 2.05) is 0 Å². The van der Waals surface area contributed by atoms with Crippen LogP contribution in [0.2, 0.25) is 0 Å². The molecule has 0 saturated heterocycles. The quantitative estimate of drug-likeness (QED) is 0.631. The fourth-order valence-electron chi connectivity index (χ4n) is 1.46. The zero-order chi connectivity index (χ0) is 14.1. The van der Waals surface area contributed by atoms with Gasteiger partial charge in [0.05, 0.1) is 6.54 Å². The van der Waals surface area contributed by atoms with Crippen LogP contribution >= 0.6 is 0 Å². The first-order valence-corrected chi connectivity index (χ1v) is 7.89. The fraction of sp³-hybridized carbons (Fsp3) is 0.667. The molecule has 110 valence electrons. The summed E-state index contributed by atoms with van der Waals surface area (Å²) in [6.45, 7) is 4.92. The molecule has 0 atom stereocenters. The summed E-state index contributed by atoms with van der Waals surface area (Å²) in [7, 11) is -2.13. The lowest BCUT2D eigenvalue weighted by molar-refractivity contribution is 0.132. The summed E-state index contributed by atoms with van der Waals surface area (Å²) >= 11 is 0. The highest BCUT2D eigenvalue weighted by molar-refractivity contribution is 7.89. The van der Waals surface area contributed by atoms with Crippen LogP contribution in [-0.4, -0.2) is 35.2 Å². The van der Waals surface area contributed by atoms with Gasteiger partial charge in [0, 0.05) is 13.2 Å². The average molecular weight is 290 g/mol. The maximum Gasteiger partial charge on any atom is 0.273 e. The van der Waals surface area contributed by atoms with Crippen LogP contribution in [0.1, 0.15) is 25.5 Å². The maximum atomic E-state index is 11.4. The van der Waals surface area contributed by atoms with Crippen LogP contribution in [0.3, 0.4) is 0 Å². The second-order valence-corrected chi connectivity index (χ2v) is 5.89. The van der Waals surface area contributed by atoms with E-state index in [1.54, 1.807) is 6.07 Å². The molecule has 0 bridgehead atoms. The number of hydrogen-bond donors (Lipinski definition) is 2. The molecule has 0 radical (unpaired) electrons. The number of furan rings is 1. The van der Waals surface area contributed by atoms with Gasteiger partial charge >= 0.3 is 0 Å². The van der Waals surface area contributed by atoms with Crippen molar-refractivity contribution in [3.05, 3.63) is 17.9 Å². The lowest BCUT2D eigenvalue weighted by Crippen LogP contribution is -2.18. The van der Waals surface area contributed by atoms with E-state index in [2.05, 4.69) is 17.0 Å². The highest BCUT2D eigenvalue weighted by Gasteiger charge is 2.15. The molecule has 0 aliphatic heterocycles. The van der Waals surface area contributed by atoms with Gasteiger partial charge in [-0.2, -0.15) is 0 Å². The summed E-state index contributed by atoms with van der Waals surface area (Å²) in [5.74, 6) is 0.600. The van der Waals surface area contributed by atoms with Gasteiger partial charge in [0.15, 0.2) is 0 Å². The van der Waals surface area contributed by atoms with Crippen molar-refractivity contribution in [3.8, 4) is 0 Å². The minimum atomic E-state index is -3.49. The molecular weight excluding hydrogens is 268 g/mol. The van der Waals surface area contributed by atoms with Crippen LogP contribution in [-0.2, 0) is 21.3 Å². The molecule has 0 aliphatic carbocycles. The van der Waals surface area contributed by atoms with Gasteiger partial charge in [0.1, 0.15) is 5.76 Å². The van der Waals surface area contributed by atoms with E-state index in [0.717, 1.165) is 32.6 Å². The smallest absolute Gasteiger partial charge is 0.273 e. The van der Waals surface area contributed by atoms with Gasteiger partial charge in [0.25, 0.3) is 10.0 Å². The number of sulfonamides is 1. The van der Waals surface area contributed by atoms with Crippen LogP contribution in [0.15, 0.2) is 21.6 Å². The van der Waals surface area contributed by atoms with Crippen molar-refractivity contribution < 1.29 is 17.6 Å². The third kappa shape index (κ3) is 5.73. The van der Waals surface area contributed by atoms with Gasteiger partial charge in [0.2, 0.25) is 5.09 Å². The standard InChI is InChI=1S/C12H22N2O4S/c1-3-8-17-9-4-7-14-10-11-5-6-12(18-11)19(15,16)13-2/h5-6,13-14H,3-4,7-10H2,1-2H3. The first-order valence-electron chi connectivity index (χ1n) is 6.41. The molecule has 2 N–H and O–H groups in total. The van der Waals surface area contributed by atoms with Gasteiger partial charge in [-0.3, -0.25) is 0 Å². The number of rotatable bonds is 10. The SMILES string of the molecule is CCCOCCCNCc1ccc(S(=O)(=O)NC)o1. The number of ether oxygens (including phenoxy) is 1. The molecule has 19 heavy (non-hydrogen) atoms. The molecular formula is C12H22N2O4S. The van der Waals surface area contributed by atoms with Crippen molar-refractivity contribution >= 4 is 10.0 Å². The van der Waals surface area contributed by atoms with E-state index in [9.17, 15) is 8.42 Å². The van der Waals surface area contributed by atoms with Crippen LogP contribution in [0.5, 0.6) is 0 Å². The van der Waals surface area contributed by atoms with E-state index in [0.29, 0.717) is 12.3 Å². The van der Waals surface area contributed by atoms with Gasteiger partial charge < -0.3 is 14.5 Å². The van der Waals surface area contributed by atoms with Crippen LogP contribution in [0, 0.1) is 0 Å². The van der Waals surface area contributed by atoms with Crippen molar-refractivity contribution in [2.45, 2.75) is 31.4 Å². The predicted octanol–water partition coefficient (Wildman–Crippen LogP) is 1.09. The normalized spacial score (nSPS) is 11.9. The monoisotopic (exact) mass is 290 g/mol. The van der Waals surface area contributed by atoms with Crippen molar-refractivity contribution in [2.75, 3.05) is 26.8 Å². The average Bonchev–Trinajstić information content (AvgIpc) is 2.87. The highest BCUT2D eigenvalue weighted by Crippen LogP contribution is 2.12. The maximum absolute atomic E-state index is 11.4. The third-order valence-electron chi connectivity index (χ3n) is 2.46. The molecule has 0 saturated carbocycles. The Balaban J connectivity index is 2.24. The molecule has 0 fully saturated rings. The molecule has 1 aromatic heterocycles. The van der Waals surface area contributed by atoms with Crippen molar-refractivity contribution in [2.24, 2.45) is 0 Å². The van der Waals surface area contributed by atoms with Crippen molar-refractivity contribution in [1.29, 1.82) is 0 Å². The van der Waals surface area contributed by atoms with Gasteiger partial charge in [-0.1, -0.05) is 6.92 Å². The van der Waals surface area contributed by atoms with E-state index in [1.165, 1.54) is 13.1 Å². The minimum Gasteiger partial charge on any atom is -0.447 e. The van der Waals surface area contributed by atoms with Crippen molar-refractivity contribution in [1.82, 2.24) is 10.0 Å². The minimum absolute atomic E-state index is 0.0573. The Bertz CT molecular complexity index is 456. The molecule has 1 aromatic rings. The molecule has 0 aliphatic rings. The molecule has 0 amide bonds. The zero-order valence-corrected chi connectivity index (χ0v) is 12.3. The summed E-state index contributed by atoms with van der Waals surface area (Å²) in [6.07, 6.45) is 1.95. The van der Waals surface area contributed by atoms with Gasteiger partial charge in [-0.05, 0) is 38.6 Å². The van der Waals surface area contributed by atoms with Gasteiger partial charge in [-0.15, -0.1) is 0 Å². The summed E-state index contributed by atoms with van der Waals surface area (Å²) in [5, 5.41) is 3.12. The molecule has 6 nitrogen and oxygen atoms in total. The zero-order valence-electron chi connectivity index (χ0n) is 11.4.